The van der Waals surface area contributed by atoms with Gasteiger partial charge in [0.25, 0.3) is 0 Å². The third kappa shape index (κ3) is 5.80. The van der Waals surface area contributed by atoms with Crippen molar-refractivity contribution in [1.29, 1.82) is 0 Å². The Morgan fingerprint density at radius 3 is 2.69 bits per heavy atom. The summed E-state index contributed by atoms with van der Waals surface area (Å²) in [5, 5.41) is 5.32. The molecule has 5 N–H and O–H groups in total. The molecular formula is C7H12AlNO3S. The fraction of sp³-hybridized carbons (Fsp3) is 0.286. The lowest BCUT2D eigenvalue weighted by Crippen LogP contribution is -2.25. The van der Waals surface area contributed by atoms with Crippen molar-refractivity contribution in [2.75, 3.05) is 5.41 Å². The molecule has 1 heterocycles. The Kier molecular flexibility index (Phi) is 9.57. The molecule has 0 saturated heterocycles. The zero-order valence-electron chi connectivity index (χ0n) is 7.04. The lowest BCUT2D eigenvalue weighted by molar-refractivity contribution is -0.120. The minimum Gasteiger partial charge on any atom is -0.412 e. The fourth-order valence-electron chi connectivity index (χ4n) is 0.748. The molecule has 1 aromatic rings. The molecule has 0 spiro atoms. The van der Waals surface area contributed by atoms with Crippen molar-refractivity contribution in [2.45, 2.75) is 6.42 Å². The van der Waals surface area contributed by atoms with Gasteiger partial charge in [0.05, 0.1) is 6.42 Å². The zero-order chi connectivity index (χ0) is 8.10. The molecule has 0 saturated carbocycles. The third-order valence-corrected chi connectivity index (χ3v) is 2.29. The van der Waals surface area contributed by atoms with Crippen LogP contribution in [0.3, 0.4) is 0 Å². The van der Waals surface area contributed by atoms with Gasteiger partial charge < -0.3 is 16.3 Å². The summed E-state index contributed by atoms with van der Waals surface area (Å²) in [7, 11) is 0. The van der Waals surface area contributed by atoms with Crippen molar-refractivity contribution >= 4 is 33.5 Å². The van der Waals surface area contributed by atoms with Gasteiger partial charge in [0.1, 0.15) is 0 Å². The van der Waals surface area contributed by atoms with Gasteiger partial charge in [-0.2, -0.15) is 0 Å². The van der Waals surface area contributed by atoms with E-state index < -0.39 is 0 Å². The molecule has 6 heteroatoms. The van der Waals surface area contributed by atoms with Crippen LogP contribution in [0.5, 0.6) is 0 Å². The van der Waals surface area contributed by atoms with E-state index in [0.717, 1.165) is 4.88 Å². The van der Waals surface area contributed by atoms with Gasteiger partial charge in [-0.05, 0) is 11.4 Å². The molecule has 0 aromatic carbocycles. The van der Waals surface area contributed by atoms with Gasteiger partial charge in [-0.3, -0.25) is 4.79 Å². The van der Waals surface area contributed by atoms with E-state index in [0.29, 0.717) is 11.8 Å². The maximum Gasteiger partial charge on any atom is 0.223 e. The lowest BCUT2D eigenvalue weighted by atomic mass is 10.3. The van der Waals surface area contributed by atoms with Crippen LogP contribution >= 0.6 is 11.3 Å². The van der Waals surface area contributed by atoms with E-state index in [1.807, 2.05) is 17.5 Å². The molecule has 0 aliphatic heterocycles. The summed E-state index contributed by atoms with van der Waals surface area (Å²) < 4.78 is 0. The molecule has 4 nitrogen and oxygen atoms in total. The quantitative estimate of drug-likeness (QED) is 0.638. The van der Waals surface area contributed by atoms with Crippen LogP contribution in [0.1, 0.15) is 4.88 Å². The predicted octanol–water partition coefficient (Wildman–Crippen LogP) is -1.12. The maximum absolute atomic E-state index is 11.0. The Balaban J connectivity index is 0. The van der Waals surface area contributed by atoms with E-state index >= 15 is 0 Å². The molecule has 0 aliphatic carbocycles. The molecule has 0 atom stereocenters. The van der Waals surface area contributed by atoms with Crippen LogP contribution in [0.25, 0.3) is 0 Å². The van der Waals surface area contributed by atoms with Crippen molar-refractivity contribution in [1.82, 2.24) is 5.32 Å². The van der Waals surface area contributed by atoms with E-state index in [-0.39, 0.29) is 16.9 Å². The van der Waals surface area contributed by atoms with Gasteiger partial charge in [0.2, 0.25) is 5.91 Å². The maximum atomic E-state index is 11.0. The van der Waals surface area contributed by atoms with Crippen molar-refractivity contribution in [3.63, 3.8) is 0 Å². The minimum atomic E-state index is 0. The molecule has 13 heavy (non-hydrogen) atoms. The second kappa shape index (κ2) is 8.23. The van der Waals surface area contributed by atoms with Gasteiger partial charge in [0, 0.05) is 4.88 Å². The molecule has 1 rings (SSSR count). The average molecular weight is 217 g/mol. The highest BCUT2D eigenvalue weighted by atomic mass is 32.1. The van der Waals surface area contributed by atoms with E-state index in [1.165, 1.54) is 0 Å². The van der Waals surface area contributed by atoms with Crippen LogP contribution < -0.4 is 5.32 Å². The van der Waals surface area contributed by atoms with Crippen LogP contribution in [0.4, 0.5) is 0 Å². The normalized spacial score (nSPS) is 8.00. The number of amides is 1. The summed E-state index contributed by atoms with van der Waals surface area (Å²) in [4.78, 5) is 12.1. The van der Waals surface area contributed by atoms with E-state index in [4.69, 9.17) is 0 Å². The van der Waals surface area contributed by atoms with Crippen LogP contribution in [0.2, 0.25) is 0 Å². The van der Waals surface area contributed by atoms with Crippen LogP contribution in [-0.2, 0) is 11.2 Å². The van der Waals surface area contributed by atoms with Crippen molar-refractivity contribution in [3.8, 4) is 0 Å². The van der Waals surface area contributed by atoms with Crippen LogP contribution in [0, 0.1) is 0 Å². The molecular weight excluding hydrogens is 205 g/mol. The Morgan fingerprint density at radius 2 is 2.23 bits per heavy atom. The van der Waals surface area contributed by atoms with Gasteiger partial charge in [-0.25, -0.2) is 0 Å². The average Bonchev–Trinajstić information content (AvgIpc) is 2.40. The number of thiophene rings is 1. The summed E-state index contributed by atoms with van der Waals surface area (Å²) in [6.45, 7) is 0. The summed E-state index contributed by atoms with van der Waals surface area (Å²) in [5.41, 5.74) is 0. The molecule has 0 bridgehead atoms. The topological polar surface area (TPSA) is 92.1 Å². The van der Waals surface area contributed by atoms with Crippen molar-refractivity contribution in [2.24, 2.45) is 0 Å². The first-order valence-electron chi connectivity index (χ1n) is 3.32. The number of hydrogen-bond donors (Lipinski definition) is 1. The lowest BCUT2D eigenvalue weighted by Gasteiger charge is -1.98. The summed E-state index contributed by atoms with van der Waals surface area (Å²) in [6.07, 6.45) is 0.506. The Hall–Kier alpha value is -0.378. The largest absolute Gasteiger partial charge is 0.412 e. The second-order valence-corrected chi connectivity index (χ2v) is 3.50. The molecule has 1 amide bonds. The first-order valence-corrected chi connectivity index (χ1v) is 5.01. The highest BCUT2D eigenvalue weighted by molar-refractivity contribution is 7.10. The highest BCUT2D eigenvalue weighted by Gasteiger charge is 2.00. The summed E-state index contributed by atoms with van der Waals surface area (Å²) in [5.74, 6) is 0.0856. The smallest absolute Gasteiger partial charge is 0.223 e. The van der Waals surface area contributed by atoms with Gasteiger partial charge in [-0.1, -0.05) is 11.5 Å². The van der Waals surface area contributed by atoms with E-state index in [1.54, 1.807) is 11.3 Å². The molecule has 2 radical (unpaired) electrons. The molecule has 1 aromatic heterocycles. The minimum absolute atomic E-state index is 0. The van der Waals surface area contributed by atoms with Crippen LogP contribution in [-0.4, -0.2) is 38.6 Å². The number of rotatable bonds is 3. The Bertz CT molecular complexity index is 228. The van der Waals surface area contributed by atoms with E-state index in [2.05, 4.69) is 21.6 Å². The van der Waals surface area contributed by atoms with Gasteiger partial charge in [0.15, 0.2) is 16.3 Å². The van der Waals surface area contributed by atoms with E-state index in [9.17, 15) is 4.79 Å². The van der Waals surface area contributed by atoms with Crippen molar-refractivity contribution in [3.05, 3.63) is 22.4 Å². The summed E-state index contributed by atoms with van der Waals surface area (Å²) in [6, 6.07) is 3.92. The monoisotopic (exact) mass is 217 g/mol. The fourth-order valence-corrected chi connectivity index (χ4v) is 1.68. The predicted molar refractivity (Wildman–Crippen MR) is 54.0 cm³/mol. The van der Waals surface area contributed by atoms with Gasteiger partial charge >= 0.3 is 0 Å². The molecule has 72 valence electrons. The number of carbonyl (C=O) groups is 1. The van der Waals surface area contributed by atoms with Crippen molar-refractivity contribution < 1.29 is 15.7 Å². The van der Waals surface area contributed by atoms with Crippen LogP contribution in [0.15, 0.2) is 17.5 Å². The molecule has 0 fully saturated rings. The Labute approximate surface area is 89.0 Å². The molecule has 0 unspecified atom stereocenters. The highest BCUT2D eigenvalue weighted by Crippen LogP contribution is 2.08. The second-order valence-electron chi connectivity index (χ2n) is 2.06. The summed E-state index contributed by atoms with van der Waals surface area (Å²) >= 11 is 4.07. The number of carbonyl (C=O) groups excluding carboxylic acids is 1. The number of nitrogens with one attached hydrogen (secondary N) is 1. The Morgan fingerprint density at radius 1 is 1.54 bits per heavy atom. The SMILES string of the molecule is O.O.O=C(Cc1cccs1)N[CH2][Al]. The first-order chi connectivity index (χ1) is 5.33. The third-order valence-electron chi connectivity index (χ3n) is 1.21. The number of hydrogen-bond acceptors (Lipinski definition) is 2. The molecule has 0 aliphatic rings. The first kappa shape index (κ1) is 15.1. The standard InChI is InChI=1S/C7H8NOS.Al.2H2O/c1-8-7(9)5-6-3-2-4-10-6;;;/h2-4H,1,5H2,(H,8,9);;2*1H2. The van der Waals surface area contributed by atoms with Gasteiger partial charge in [-0.15, -0.1) is 11.3 Å². The zero-order valence-corrected chi connectivity index (χ0v) is 9.01.